The number of hydroxylamine groups is 1. The topological polar surface area (TPSA) is 89.5 Å². The van der Waals surface area contributed by atoms with E-state index in [9.17, 15) is 31.2 Å². The van der Waals surface area contributed by atoms with Crippen LogP contribution in [0.15, 0.2) is 36.4 Å². The van der Waals surface area contributed by atoms with E-state index in [1.807, 2.05) is 0 Å². The average molecular weight is 359 g/mol. The van der Waals surface area contributed by atoms with Gasteiger partial charge in [-0.3, -0.25) is 9.59 Å². The summed E-state index contributed by atoms with van der Waals surface area (Å²) in [5.74, 6) is -1.75. The van der Waals surface area contributed by atoms with Gasteiger partial charge in [-0.25, -0.2) is 0 Å². The van der Waals surface area contributed by atoms with Crippen molar-refractivity contribution in [2.75, 3.05) is 0 Å². The molecule has 2 aromatic carbocycles. The van der Waals surface area contributed by atoms with Gasteiger partial charge < -0.3 is 0 Å². The number of hydrogen-bond acceptors (Lipinski definition) is 6. The SMILES string of the molecule is O=C1c2cccc3cccc(c23)C(=O)C1NOS(=O)(=O)C(F)(F)F. The summed E-state index contributed by atoms with van der Waals surface area (Å²) in [6.45, 7) is 0. The van der Waals surface area contributed by atoms with Crippen LogP contribution in [0.3, 0.4) is 0 Å². The van der Waals surface area contributed by atoms with Gasteiger partial charge in [-0.2, -0.15) is 31.4 Å². The molecule has 0 atom stereocenters. The fourth-order valence-electron chi connectivity index (χ4n) is 2.45. The first kappa shape index (κ1) is 16.6. The van der Waals surface area contributed by atoms with Crippen LogP contribution in [0.2, 0.25) is 0 Å². The van der Waals surface area contributed by atoms with Crippen LogP contribution in [-0.2, 0) is 14.4 Å². The minimum absolute atomic E-state index is 0.0909. The zero-order chi connectivity index (χ0) is 17.7. The van der Waals surface area contributed by atoms with Crippen LogP contribution in [0.5, 0.6) is 0 Å². The first-order valence-electron chi connectivity index (χ1n) is 6.49. The molecule has 126 valence electrons. The molecule has 0 fully saturated rings. The summed E-state index contributed by atoms with van der Waals surface area (Å²) in [6.07, 6.45) is 0. The van der Waals surface area contributed by atoms with Crippen LogP contribution in [0.25, 0.3) is 10.8 Å². The van der Waals surface area contributed by atoms with Gasteiger partial charge in [-0.05, 0) is 5.39 Å². The maximum absolute atomic E-state index is 12.3. The van der Waals surface area contributed by atoms with Gasteiger partial charge in [0, 0.05) is 16.5 Å². The average Bonchev–Trinajstić information content (AvgIpc) is 2.51. The van der Waals surface area contributed by atoms with Crippen molar-refractivity contribution in [3.05, 3.63) is 47.5 Å². The molecule has 0 aliphatic heterocycles. The molecule has 0 unspecified atom stereocenters. The van der Waals surface area contributed by atoms with Crippen molar-refractivity contribution >= 4 is 32.5 Å². The van der Waals surface area contributed by atoms with Gasteiger partial charge in [0.25, 0.3) is 0 Å². The Kier molecular flexibility index (Phi) is 3.70. The molecule has 1 aliphatic rings. The van der Waals surface area contributed by atoms with E-state index in [4.69, 9.17) is 0 Å². The predicted octanol–water partition coefficient (Wildman–Crippen LogP) is 1.96. The molecule has 0 radical (unpaired) electrons. The van der Waals surface area contributed by atoms with E-state index in [-0.39, 0.29) is 11.1 Å². The van der Waals surface area contributed by atoms with Crippen molar-refractivity contribution in [1.82, 2.24) is 5.48 Å². The zero-order valence-corrected chi connectivity index (χ0v) is 12.4. The van der Waals surface area contributed by atoms with Gasteiger partial charge in [-0.15, -0.1) is 0 Å². The van der Waals surface area contributed by atoms with Crippen LogP contribution in [0.4, 0.5) is 13.2 Å². The molecule has 0 bridgehead atoms. The Morgan fingerprint density at radius 2 is 1.46 bits per heavy atom. The van der Waals surface area contributed by atoms with Crippen molar-refractivity contribution in [3.8, 4) is 0 Å². The summed E-state index contributed by atoms with van der Waals surface area (Å²) in [5.41, 5.74) is -4.06. The van der Waals surface area contributed by atoms with Crippen LogP contribution in [-0.4, -0.2) is 31.5 Å². The normalized spacial score (nSPS) is 16.0. The Balaban J connectivity index is 1.99. The molecule has 0 aromatic heterocycles. The lowest BCUT2D eigenvalue weighted by Gasteiger charge is -2.23. The summed E-state index contributed by atoms with van der Waals surface area (Å²) in [6, 6.07) is 7.32. The third kappa shape index (κ3) is 2.48. The molecule has 0 heterocycles. The third-order valence-corrected chi connectivity index (χ3v) is 4.40. The predicted molar refractivity (Wildman–Crippen MR) is 75.6 cm³/mol. The van der Waals surface area contributed by atoms with Gasteiger partial charge in [-0.1, -0.05) is 36.4 Å². The van der Waals surface area contributed by atoms with Crippen molar-refractivity contribution in [1.29, 1.82) is 0 Å². The molecule has 0 amide bonds. The molecule has 0 saturated carbocycles. The summed E-state index contributed by atoms with van der Waals surface area (Å²) >= 11 is 0. The molecular weight excluding hydrogens is 351 g/mol. The maximum Gasteiger partial charge on any atom is 0.524 e. The lowest BCUT2D eigenvalue weighted by Crippen LogP contribution is -2.48. The van der Waals surface area contributed by atoms with Crippen molar-refractivity contribution < 1.29 is 35.5 Å². The largest absolute Gasteiger partial charge is 0.524 e. The van der Waals surface area contributed by atoms with Gasteiger partial charge in [0.15, 0.2) is 17.6 Å². The molecule has 2 aromatic rings. The Morgan fingerprint density at radius 3 is 1.92 bits per heavy atom. The van der Waals surface area contributed by atoms with Crippen molar-refractivity contribution in [2.45, 2.75) is 11.6 Å². The molecule has 1 aliphatic carbocycles. The standard InChI is InChI=1S/C14H8F3NO5S/c15-14(16,17)24(21,22)23-18-11-12(19)8-5-1-3-7-4-2-6-9(10(7)8)13(11)20/h1-6,11,18H. The highest BCUT2D eigenvalue weighted by Crippen LogP contribution is 2.30. The van der Waals surface area contributed by atoms with Crippen molar-refractivity contribution in [3.63, 3.8) is 0 Å². The number of nitrogens with one attached hydrogen (secondary N) is 1. The molecular formula is C14H8F3NO5S. The minimum Gasteiger partial charge on any atom is -0.292 e. The second kappa shape index (κ2) is 5.36. The Hall–Kier alpha value is -2.30. The summed E-state index contributed by atoms with van der Waals surface area (Å²) < 4.78 is 62.3. The number of benzene rings is 2. The zero-order valence-electron chi connectivity index (χ0n) is 11.6. The van der Waals surface area contributed by atoms with Crippen molar-refractivity contribution in [2.24, 2.45) is 0 Å². The second-order valence-corrected chi connectivity index (χ2v) is 6.51. The van der Waals surface area contributed by atoms with E-state index in [2.05, 4.69) is 4.28 Å². The fourth-order valence-corrected chi connectivity index (χ4v) is 2.76. The number of halogens is 3. The van der Waals surface area contributed by atoms with Crippen LogP contribution in [0, 0.1) is 0 Å². The third-order valence-electron chi connectivity index (χ3n) is 3.52. The van der Waals surface area contributed by atoms with Crippen LogP contribution in [0.1, 0.15) is 20.7 Å². The van der Waals surface area contributed by atoms with E-state index >= 15 is 0 Å². The van der Waals surface area contributed by atoms with E-state index in [0.29, 0.717) is 10.8 Å². The number of Topliss-reactive ketones (excluding diaryl/α,β-unsaturated/α-hetero) is 2. The number of rotatable bonds is 3. The smallest absolute Gasteiger partial charge is 0.292 e. The Bertz CT molecular complexity index is 917. The molecule has 1 N–H and O–H groups in total. The van der Waals surface area contributed by atoms with E-state index in [0.717, 1.165) is 0 Å². The number of hydrogen-bond donors (Lipinski definition) is 1. The summed E-state index contributed by atoms with van der Waals surface area (Å²) in [7, 11) is -5.99. The highest BCUT2D eigenvalue weighted by atomic mass is 32.2. The molecule has 0 saturated heterocycles. The monoisotopic (exact) mass is 359 g/mol. The maximum atomic E-state index is 12.3. The fraction of sp³-hybridized carbons (Fsp3) is 0.143. The Labute approximate surface area is 133 Å². The molecule has 24 heavy (non-hydrogen) atoms. The molecule has 3 rings (SSSR count). The summed E-state index contributed by atoms with van der Waals surface area (Å²) in [4.78, 5) is 24.7. The minimum atomic E-state index is -5.99. The van der Waals surface area contributed by atoms with Crippen LogP contribution >= 0.6 is 0 Å². The lowest BCUT2D eigenvalue weighted by molar-refractivity contribution is -0.0589. The number of carbonyl (C=O) groups is 2. The molecule has 10 heteroatoms. The van der Waals surface area contributed by atoms with Gasteiger partial charge in [0.1, 0.15) is 0 Å². The van der Waals surface area contributed by atoms with Gasteiger partial charge in [0.2, 0.25) is 0 Å². The highest BCUT2D eigenvalue weighted by Gasteiger charge is 2.49. The van der Waals surface area contributed by atoms with E-state index < -0.39 is 33.2 Å². The molecule has 6 nitrogen and oxygen atoms in total. The highest BCUT2D eigenvalue weighted by molar-refractivity contribution is 7.87. The number of ketones is 2. The quantitative estimate of drug-likeness (QED) is 0.512. The van der Waals surface area contributed by atoms with E-state index in [1.54, 1.807) is 24.3 Å². The van der Waals surface area contributed by atoms with E-state index in [1.165, 1.54) is 17.6 Å². The Morgan fingerprint density at radius 1 is 0.958 bits per heavy atom. The second-order valence-electron chi connectivity index (χ2n) is 4.97. The first-order chi connectivity index (χ1) is 11.1. The van der Waals surface area contributed by atoms with Gasteiger partial charge in [0.05, 0.1) is 0 Å². The number of alkyl halides is 3. The van der Waals surface area contributed by atoms with Gasteiger partial charge >= 0.3 is 15.6 Å². The molecule has 0 spiro atoms. The number of carbonyl (C=O) groups excluding carboxylic acids is 2. The lowest BCUT2D eigenvalue weighted by atomic mass is 9.84. The first-order valence-corrected chi connectivity index (χ1v) is 7.90. The summed E-state index contributed by atoms with van der Waals surface area (Å²) in [5, 5.41) is 0.973. The van der Waals surface area contributed by atoms with Crippen LogP contribution < -0.4 is 5.48 Å².